The minimum absolute atomic E-state index is 0.0345. The number of hydrogen-bond acceptors (Lipinski definition) is 4. The van der Waals surface area contributed by atoms with Crippen molar-refractivity contribution in [1.29, 1.82) is 0 Å². The quantitative estimate of drug-likeness (QED) is 0.544. The van der Waals surface area contributed by atoms with Gasteiger partial charge >= 0.3 is 0 Å². The molecule has 0 spiro atoms. The Balaban J connectivity index is 1.89. The van der Waals surface area contributed by atoms with Crippen LogP contribution in [0.15, 0.2) is 18.2 Å². The molecular formula is C15H24N4O. The monoisotopic (exact) mass is 276 g/mol. The first kappa shape index (κ1) is 14.8. The van der Waals surface area contributed by atoms with Gasteiger partial charge in [-0.25, -0.2) is 0 Å². The summed E-state index contributed by atoms with van der Waals surface area (Å²) < 4.78 is 0. The normalized spacial score (nSPS) is 16.1. The zero-order valence-electron chi connectivity index (χ0n) is 12.4. The molecule has 0 radical (unpaired) electrons. The first-order chi connectivity index (χ1) is 9.52. The van der Waals surface area contributed by atoms with Gasteiger partial charge in [-0.05, 0) is 57.5 Å². The highest BCUT2D eigenvalue weighted by Crippen LogP contribution is 2.26. The summed E-state index contributed by atoms with van der Waals surface area (Å²) in [6.45, 7) is 4.74. The summed E-state index contributed by atoms with van der Waals surface area (Å²) >= 11 is 0. The number of anilines is 1. The summed E-state index contributed by atoms with van der Waals surface area (Å²) in [5.74, 6) is 5.35. The van der Waals surface area contributed by atoms with E-state index in [9.17, 15) is 4.79 Å². The lowest BCUT2D eigenvalue weighted by Gasteiger charge is -2.24. The van der Waals surface area contributed by atoms with Crippen LogP contribution in [0.1, 0.15) is 35.7 Å². The number of aryl methyl sites for hydroxylation is 1. The predicted molar refractivity (Wildman–Crippen MR) is 81.6 cm³/mol. The number of carbonyl (C=O) groups excluding carboxylic acids is 1. The number of nitrogen functional groups attached to an aromatic ring is 1. The lowest BCUT2D eigenvalue weighted by atomic mass is 10.1. The second kappa shape index (κ2) is 6.24. The molecular weight excluding hydrogens is 252 g/mol. The fourth-order valence-electron chi connectivity index (χ4n) is 2.30. The van der Waals surface area contributed by atoms with Gasteiger partial charge in [0, 0.05) is 24.2 Å². The van der Waals surface area contributed by atoms with Gasteiger partial charge in [-0.15, -0.1) is 0 Å². The molecule has 0 aliphatic heterocycles. The van der Waals surface area contributed by atoms with Crippen LogP contribution >= 0.6 is 0 Å². The van der Waals surface area contributed by atoms with E-state index in [0.717, 1.165) is 11.3 Å². The van der Waals surface area contributed by atoms with E-state index in [2.05, 4.69) is 29.6 Å². The van der Waals surface area contributed by atoms with E-state index >= 15 is 0 Å². The van der Waals surface area contributed by atoms with Gasteiger partial charge in [0.2, 0.25) is 0 Å². The maximum absolute atomic E-state index is 12.1. The number of nitrogens with zero attached hydrogens (tertiary/aromatic N) is 1. The number of amides is 1. The molecule has 1 aromatic carbocycles. The molecule has 0 heterocycles. The van der Waals surface area contributed by atoms with Gasteiger partial charge in [-0.3, -0.25) is 15.5 Å². The van der Waals surface area contributed by atoms with Crippen LogP contribution in [0.5, 0.6) is 0 Å². The van der Waals surface area contributed by atoms with E-state index in [1.807, 2.05) is 19.1 Å². The Morgan fingerprint density at radius 2 is 2.20 bits per heavy atom. The molecule has 1 aliphatic rings. The minimum Gasteiger partial charge on any atom is -0.350 e. The van der Waals surface area contributed by atoms with Crippen molar-refractivity contribution in [3.8, 4) is 0 Å². The van der Waals surface area contributed by atoms with Crippen molar-refractivity contribution in [2.24, 2.45) is 5.84 Å². The van der Waals surface area contributed by atoms with E-state index in [4.69, 9.17) is 5.84 Å². The zero-order chi connectivity index (χ0) is 14.7. The molecule has 1 aliphatic carbocycles. The van der Waals surface area contributed by atoms with Crippen LogP contribution in [0.4, 0.5) is 5.69 Å². The molecule has 20 heavy (non-hydrogen) atoms. The molecule has 5 nitrogen and oxygen atoms in total. The molecule has 0 saturated heterocycles. The van der Waals surface area contributed by atoms with E-state index in [0.29, 0.717) is 24.2 Å². The summed E-state index contributed by atoms with van der Waals surface area (Å²) in [7, 11) is 2.13. The maximum Gasteiger partial charge on any atom is 0.251 e. The third-order valence-electron chi connectivity index (χ3n) is 4.02. The molecule has 0 aromatic heterocycles. The van der Waals surface area contributed by atoms with Gasteiger partial charge in [0.25, 0.3) is 5.91 Å². The summed E-state index contributed by atoms with van der Waals surface area (Å²) in [5.41, 5.74) is 5.07. The third-order valence-corrected chi connectivity index (χ3v) is 4.02. The molecule has 4 N–H and O–H groups in total. The number of nitrogens with one attached hydrogen (secondary N) is 2. The van der Waals surface area contributed by atoms with Crippen molar-refractivity contribution in [3.63, 3.8) is 0 Å². The SMILES string of the molecule is Cc1cc(C(=O)NCC(C)N(C)C2CC2)ccc1NN. The van der Waals surface area contributed by atoms with Crippen molar-refractivity contribution >= 4 is 11.6 Å². The summed E-state index contributed by atoms with van der Waals surface area (Å²) in [6, 6.07) is 6.52. The Hall–Kier alpha value is -1.59. The first-order valence-corrected chi connectivity index (χ1v) is 7.10. The Bertz CT molecular complexity index is 485. The van der Waals surface area contributed by atoms with Crippen LogP contribution < -0.4 is 16.6 Å². The zero-order valence-corrected chi connectivity index (χ0v) is 12.4. The number of nitrogens with two attached hydrogens (primary N) is 1. The van der Waals surface area contributed by atoms with Gasteiger partial charge in [-0.2, -0.15) is 0 Å². The number of benzene rings is 1. The minimum atomic E-state index is -0.0345. The molecule has 0 bridgehead atoms. The van der Waals surface area contributed by atoms with E-state index in [1.54, 1.807) is 6.07 Å². The summed E-state index contributed by atoms with van der Waals surface area (Å²) in [4.78, 5) is 14.5. The highest BCUT2D eigenvalue weighted by atomic mass is 16.1. The Morgan fingerprint density at radius 3 is 2.75 bits per heavy atom. The standard InChI is InChI=1S/C15H24N4O/c1-10-8-12(4-7-14(10)18-16)15(20)17-9-11(2)19(3)13-5-6-13/h4,7-8,11,13,18H,5-6,9,16H2,1-3H3,(H,17,20). The number of hydrogen-bond donors (Lipinski definition) is 3. The van der Waals surface area contributed by atoms with Gasteiger partial charge in [0.05, 0.1) is 5.69 Å². The van der Waals surface area contributed by atoms with Crippen LogP contribution in [0, 0.1) is 6.92 Å². The fraction of sp³-hybridized carbons (Fsp3) is 0.533. The Kier molecular flexibility index (Phi) is 4.62. The van der Waals surface area contributed by atoms with E-state index in [1.165, 1.54) is 12.8 Å². The molecule has 1 unspecified atom stereocenters. The number of carbonyl (C=O) groups is 1. The molecule has 1 fully saturated rings. The summed E-state index contributed by atoms with van der Waals surface area (Å²) in [5, 5.41) is 2.99. The number of rotatable bonds is 6. The van der Waals surface area contributed by atoms with Gasteiger partial charge < -0.3 is 10.7 Å². The Labute approximate surface area is 120 Å². The lowest BCUT2D eigenvalue weighted by molar-refractivity contribution is 0.0939. The molecule has 1 aromatic rings. The van der Waals surface area contributed by atoms with Crippen LogP contribution in [-0.2, 0) is 0 Å². The molecule has 1 saturated carbocycles. The van der Waals surface area contributed by atoms with Crippen molar-refractivity contribution in [3.05, 3.63) is 29.3 Å². The number of likely N-dealkylation sites (N-methyl/N-ethyl adjacent to an activating group) is 1. The average molecular weight is 276 g/mol. The van der Waals surface area contributed by atoms with Gasteiger partial charge in [-0.1, -0.05) is 0 Å². The summed E-state index contributed by atoms with van der Waals surface area (Å²) in [6.07, 6.45) is 2.56. The smallest absolute Gasteiger partial charge is 0.251 e. The maximum atomic E-state index is 12.1. The van der Waals surface area contributed by atoms with E-state index in [-0.39, 0.29) is 5.91 Å². The first-order valence-electron chi connectivity index (χ1n) is 7.10. The topological polar surface area (TPSA) is 70.4 Å². The van der Waals surface area contributed by atoms with Crippen molar-refractivity contribution in [1.82, 2.24) is 10.2 Å². The van der Waals surface area contributed by atoms with Crippen molar-refractivity contribution < 1.29 is 4.79 Å². The van der Waals surface area contributed by atoms with Crippen LogP contribution in [-0.4, -0.2) is 36.5 Å². The Morgan fingerprint density at radius 1 is 1.50 bits per heavy atom. The molecule has 5 heteroatoms. The van der Waals surface area contributed by atoms with Crippen LogP contribution in [0.25, 0.3) is 0 Å². The average Bonchev–Trinajstić information content (AvgIpc) is 3.27. The molecule has 110 valence electrons. The van der Waals surface area contributed by atoms with Gasteiger partial charge in [0.15, 0.2) is 0 Å². The fourth-order valence-corrected chi connectivity index (χ4v) is 2.30. The van der Waals surface area contributed by atoms with Crippen molar-refractivity contribution in [2.75, 3.05) is 19.0 Å². The second-order valence-electron chi connectivity index (χ2n) is 5.63. The molecule has 2 rings (SSSR count). The van der Waals surface area contributed by atoms with Gasteiger partial charge in [0.1, 0.15) is 0 Å². The molecule has 1 amide bonds. The van der Waals surface area contributed by atoms with Crippen molar-refractivity contribution in [2.45, 2.75) is 38.8 Å². The molecule has 1 atom stereocenters. The predicted octanol–water partition coefficient (Wildman–Crippen LogP) is 1.49. The highest BCUT2D eigenvalue weighted by molar-refractivity contribution is 5.94. The van der Waals surface area contributed by atoms with Crippen LogP contribution in [0.3, 0.4) is 0 Å². The highest BCUT2D eigenvalue weighted by Gasteiger charge is 2.29. The third kappa shape index (κ3) is 3.49. The van der Waals surface area contributed by atoms with Crippen LogP contribution in [0.2, 0.25) is 0 Å². The van der Waals surface area contributed by atoms with E-state index < -0.39 is 0 Å². The second-order valence-corrected chi connectivity index (χ2v) is 5.63. The number of hydrazine groups is 1. The largest absolute Gasteiger partial charge is 0.350 e. The lowest BCUT2D eigenvalue weighted by Crippen LogP contribution is -2.41.